The Balaban J connectivity index is 1.92. The van der Waals surface area contributed by atoms with E-state index in [1.165, 1.54) is 6.42 Å². The normalized spacial score (nSPS) is 45.0. The van der Waals surface area contributed by atoms with Gasteiger partial charge >= 0.3 is 0 Å². The van der Waals surface area contributed by atoms with Crippen LogP contribution in [-0.2, 0) is 4.74 Å². The van der Waals surface area contributed by atoms with Gasteiger partial charge in [-0.15, -0.1) is 0 Å². The van der Waals surface area contributed by atoms with Crippen LogP contribution in [0.1, 0.15) is 19.3 Å². The maximum atomic E-state index is 9.48. The monoisotopic (exact) mass is 157 g/mol. The molecular formula is C8H15NO2. The van der Waals surface area contributed by atoms with Crippen LogP contribution < -0.4 is 5.32 Å². The summed E-state index contributed by atoms with van der Waals surface area (Å²) in [6.45, 7) is 1.81. The van der Waals surface area contributed by atoms with Gasteiger partial charge in [0.1, 0.15) is 0 Å². The van der Waals surface area contributed by atoms with Crippen molar-refractivity contribution in [3.8, 4) is 0 Å². The third kappa shape index (κ3) is 1.41. The zero-order valence-electron chi connectivity index (χ0n) is 6.62. The second-order valence-corrected chi connectivity index (χ2v) is 3.39. The molecule has 0 aromatic heterocycles. The summed E-state index contributed by atoms with van der Waals surface area (Å²) in [6, 6.07) is 0.410. The van der Waals surface area contributed by atoms with Gasteiger partial charge in [-0.2, -0.15) is 0 Å². The van der Waals surface area contributed by atoms with Crippen molar-refractivity contribution in [1.82, 2.24) is 5.32 Å². The minimum atomic E-state index is -0.231. The molecule has 2 N–H and O–H groups in total. The van der Waals surface area contributed by atoms with Crippen molar-refractivity contribution < 1.29 is 9.84 Å². The SMILES string of the molecule is O[C@H]1CCO[C@H]1[C@@H]1CCCN1. The summed E-state index contributed by atoms with van der Waals surface area (Å²) in [5.41, 5.74) is 0. The van der Waals surface area contributed by atoms with Crippen LogP contribution in [0.2, 0.25) is 0 Å². The number of hydrogen-bond acceptors (Lipinski definition) is 3. The fourth-order valence-electron chi connectivity index (χ4n) is 1.98. The van der Waals surface area contributed by atoms with Gasteiger partial charge in [0.05, 0.1) is 12.2 Å². The highest BCUT2D eigenvalue weighted by Gasteiger charge is 2.34. The quantitative estimate of drug-likeness (QED) is 0.558. The van der Waals surface area contributed by atoms with Gasteiger partial charge in [0.25, 0.3) is 0 Å². The summed E-state index contributed by atoms with van der Waals surface area (Å²) < 4.78 is 5.44. The van der Waals surface area contributed by atoms with E-state index in [1.807, 2.05) is 0 Å². The van der Waals surface area contributed by atoms with E-state index in [4.69, 9.17) is 4.74 Å². The van der Waals surface area contributed by atoms with Crippen molar-refractivity contribution in [2.24, 2.45) is 0 Å². The molecule has 2 fully saturated rings. The van der Waals surface area contributed by atoms with Crippen molar-refractivity contribution in [2.75, 3.05) is 13.2 Å². The van der Waals surface area contributed by atoms with Crippen LogP contribution in [0.5, 0.6) is 0 Å². The lowest BCUT2D eigenvalue weighted by Gasteiger charge is -2.20. The first kappa shape index (κ1) is 7.53. The molecule has 0 amide bonds. The number of rotatable bonds is 1. The second kappa shape index (κ2) is 3.09. The molecule has 0 saturated carbocycles. The molecule has 0 bridgehead atoms. The molecule has 0 aliphatic carbocycles. The standard InChI is InChI=1S/C8H15NO2/c10-7-3-5-11-8(7)6-2-1-4-9-6/h6-10H,1-5H2/t6-,7-,8-/m0/s1. The van der Waals surface area contributed by atoms with E-state index in [0.717, 1.165) is 26.0 Å². The molecule has 3 atom stereocenters. The topological polar surface area (TPSA) is 41.5 Å². The highest BCUT2D eigenvalue weighted by molar-refractivity contribution is 4.89. The van der Waals surface area contributed by atoms with Gasteiger partial charge in [0, 0.05) is 12.6 Å². The van der Waals surface area contributed by atoms with Crippen LogP contribution in [-0.4, -0.2) is 36.5 Å². The average molecular weight is 157 g/mol. The van der Waals surface area contributed by atoms with Crippen LogP contribution in [0.15, 0.2) is 0 Å². The maximum absolute atomic E-state index is 9.48. The third-order valence-corrected chi connectivity index (χ3v) is 2.60. The van der Waals surface area contributed by atoms with Gasteiger partial charge in [-0.1, -0.05) is 0 Å². The zero-order valence-corrected chi connectivity index (χ0v) is 6.62. The van der Waals surface area contributed by atoms with Crippen LogP contribution in [0, 0.1) is 0 Å². The number of aliphatic hydroxyl groups excluding tert-OH is 1. The summed E-state index contributed by atoms with van der Waals surface area (Å²) in [4.78, 5) is 0. The highest BCUT2D eigenvalue weighted by atomic mass is 16.5. The van der Waals surface area contributed by atoms with Crippen LogP contribution in [0.4, 0.5) is 0 Å². The number of hydrogen-bond donors (Lipinski definition) is 2. The van der Waals surface area contributed by atoms with Gasteiger partial charge in [-0.05, 0) is 25.8 Å². The number of ether oxygens (including phenoxy) is 1. The molecular weight excluding hydrogens is 142 g/mol. The summed E-state index contributed by atoms with van der Waals surface area (Å²) in [7, 11) is 0. The fraction of sp³-hybridized carbons (Fsp3) is 1.00. The molecule has 11 heavy (non-hydrogen) atoms. The summed E-state index contributed by atoms with van der Waals surface area (Å²) in [5.74, 6) is 0. The molecule has 3 nitrogen and oxygen atoms in total. The summed E-state index contributed by atoms with van der Waals surface area (Å²) in [6.07, 6.45) is 3.02. The van der Waals surface area contributed by atoms with Gasteiger partial charge < -0.3 is 15.2 Å². The molecule has 0 aromatic rings. The first-order chi connectivity index (χ1) is 5.38. The summed E-state index contributed by atoms with van der Waals surface area (Å²) >= 11 is 0. The van der Waals surface area contributed by atoms with Gasteiger partial charge in [0.2, 0.25) is 0 Å². The Kier molecular flexibility index (Phi) is 2.11. The van der Waals surface area contributed by atoms with Crippen molar-refractivity contribution >= 4 is 0 Å². The van der Waals surface area contributed by atoms with E-state index in [-0.39, 0.29) is 12.2 Å². The van der Waals surface area contributed by atoms with Gasteiger partial charge in [-0.3, -0.25) is 0 Å². The molecule has 0 unspecified atom stereocenters. The van der Waals surface area contributed by atoms with E-state index < -0.39 is 0 Å². The lowest BCUT2D eigenvalue weighted by molar-refractivity contribution is 0.0206. The largest absolute Gasteiger partial charge is 0.390 e. The van der Waals surface area contributed by atoms with E-state index >= 15 is 0 Å². The molecule has 0 radical (unpaired) electrons. The molecule has 64 valence electrons. The lowest BCUT2D eigenvalue weighted by atomic mass is 10.0. The molecule has 2 aliphatic heterocycles. The van der Waals surface area contributed by atoms with E-state index in [1.54, 1.807) is 0 Å². The first-order valence-corrected chi connectivity index (χ1v) is 4.41. The Bertz CT molecular complexity index is 134. The third-order valence-electron chi connectivity index (χ3n) is 2.60. The number of nitrogens with one attached hydrogen (secondary N) is 1. The van der Waals surface area contributed by atoms with E-state index in [9.17, 15) is 5.11 Å². The Hall–Kier alpha value is -0.120. The van der Waals surface area contributed by atoms with Crippen molar-refractivity contribution in [3.63, 3.8) is 0 Å². The Labute approximate surface area is 66.7 Å². The molecule has 2 aliphatic rings. The van der Waals surface area contributed by atoms with Crippen molar-refractivity contribution in [3.05, 3.63) is 0 Å². The molecule has 2 heterocycles. The molecule has 0 aromatic carbocycles. The average Bonchev–Trinajstić information content (AvgIpc) is 2.55. The molecule has 0 spiro atoms. The van der Waals surface area contributed by atoms with E-state index in [0.29, 0.717) is 6.04 Å². The maximum Gasteiger partial charge on any atom is 0.0987 e. The Morgan fingerprint density at radius 3 is 2.82 bits per heavy atom. The molecule has 2 rings (SSSR count). The predicted octanol–water partition coefficient (Wildman–Crippen LogP) is -0.112. The Morgan fingerprint density at radius 2 is 2.27 bits per heavy atom. The van der Waals surface area contributed by atoms with E-state index in [2.05, 4.69) is 5.32 Å². The number of aliphatic hydroxyl groups is 1. The zero-order chi connectivity index (χ0) is 7.68. The van der Waals surface area contributed by atoms with Crippen molar-refractivity contribution in [1.29, 1.82) is 0 Å². The Morgan fingerprint density at radius 1 is 1.36 bits per heavy atom. The van der Waals surface area contributed by atoms with Crippen LogP contribution in [0.25, 0.3) is 0 Å². The van der Waals surface area contributed by atoms with Gasteiger partial charge in [0.15, 0.2) is 0 Å². The van der Waals surface area contributed by atoms with Crippen LogP contribution >= 0.6 is 0 Å². The minimum absolute atomic E-state index is 0.0671. The first-order valence-electron chi connectivity index (χ1n) is 4.41. The highest BCUT2D eigenvalue weighted by Crippen LogP contribution is 2.21. The van der Waals surface area contributed by atoms with Gasteiger partial charge in [-0.25, -0.2) is 0 Å². The second-order valence-electron chi connectivity index (χ2n) is 3.39. The predicted molar refractivity (Wildman–Crippen MR) is 41.4 cm³/mol. The molecule has 2 saturated heterocycles. The fourth-order valence-corrected chi connectivity index (χ4v) is 1.98. The van der Waals surface area contributed by atoms with Crippen molar-refractivity contribution in [2.45, 2.75) is 37.5 Å². The van der Waals surface area contributed by atoms with Crippen LogP contribution in [0.3, 0.4) is 0 Å². The summed E-state index contributed by atoms with van der Waals surface area (Å²) in [5, 5.41) is 12.8. The lowest BCUT2D eigenvalue weighted by Crippen LogP contribution is -2.40. The minimum Gasteiger partial charge on any atom is -0.390 e. The molecule has 3 heteroatoms. The smallest absolute Gasteiger partial charge is 0.0987 e.